The molecule has 5 nitrogen and oxygen atoms in total. The van der Waals surface area contributed by atoms with Crippen LogP contribution in [0, 0.1) is 6.92 Å². The molecule has 0 aliphatic carbocycles. The number of aromatic nitrogens is 2. The summed E-state index contributed by atoms with van der Waals surface area (Å²) in [7, 11) is 2.04. The highest BCUT2D eigenvalue weighted by Crippen LogP contribution is 2.11. The Morgan fingerprint density at radius 1 is 1.26 bits per heavy atom. The number of aryl methyl sites for hydroxylation is 1. The van der Waals surface area contributed by atoms with Gasteiger partial charge in [-0.3, -0.25) is 4.90 Å². The molecule has 1 aliphatic rings. The van der Waals surface area contributed by atoms with E-state index in [0.717, 1.165) is 37.7 Å². The van der Waals surface area contributed by atoms with Crippen LogP contribution in [0.15, 0.2) is 12.4 Å². The zero-order chi connectivity index (χ0) is 13.8. The van der Waals surface area contributed by atoms with Gasteiger partial charge in [-0.1, -0.05) is 0 Å². The molecule has 0 spiro atoms. The fourth-order valence-electron chi connectivity index (χ4n) is 2.44. The monoisotopic (exact) mass is 264 g/mol. The van der Waals surface area contributed by atoms with E-state index >= 15 is 0 Å². The number of ether oxygens (including phenoxy) is 1. The number of nitrogens with zero attached hydrogens (tertiary/aromatic N) is 4. The van der Waals surface area contributed by atoms with Crippen molar-refractivity contribution in [2.75, 3.05) is 38.1 Å². The van der Waals surface area contributed by atoms with Gasteiger partial charge in [0.2, 0.25) is 5.95 Å². The van der Waals surface area contributed by atoms with Crippen LogP contribution in [0.1, 0.15) is 19.4 Å². The molecule has 1 saturated heterocycles. The molecular formula is C14H24N4O. The molecule has 0 amide bonds. The molecule has 0 aromatic carbocycles. The summed E-state index contributed by atoms with van der Waals surface area (Å²) in [6.45, 7) is 10.2. The van der Waals surface area contributed by atoms with Crippen LogP contribution in [-0.2, 0) is 4.74 Å². The predicted molar refractivity (Wildman–Crippen MR) is 76.5 cm³/mol. The predicted octanol–water partition coefficient (Wildman–Crippen LogP) is 1.33. The van der Waals surface area contributed by atoms with Gasteiger partial charge < -0.3 is 9.64 Å². The first-order valence-corrected chi connectivity index (χ1v) is 6.92. The van der Waals surface area contributed by atoms with Crippen LogP contribution < -0.4 is 4.90 Å². The smallest absolute Gasteiger partial charge is 0.225 e. The Labute approximate surface area is 115 Å². The first kappa shape index (κ1) is 14.2. The lowest BCUT2D eigenvalue weighted by Gasteiger charge is -2.36. The fourth-order valence-corrected chi connectivity index (χ4v) is 2.44. The highest BCUT2D eigenvalue weighted by molar-refractivity contribution is 5.27. The third-order valence-electron chi connectivity index (χ3n) is 3.36. The number of hydrogen-bond donors (Lipinski definition) is 0. The minimum atomic E-state index is 0.324. The normalized spacial score (nSPS) is 24.4. The van der Waals surface area contributed by atoms with E-state index in [9.17, 15) is 0 Å². The topological polar surface area (TPSA) is 41.5 Å². The summed E-state index contributed by atoms with van der Waals surface area (Å²) in [6.07, 6.45) is 4.37. The Morgan fingerprint density at radius 3 is 2.42 bits per heavy atom. The minimum Gasteiger partial charge on any atom is -0.373 e. The van der Waals surface area contributed by atoms with Gasteiger partial charge >= 0.3 is 0 Å². The van der Waals surface area contributed by atoms with Crippen LogP contribution in [0.3, 0.4) is 0 Å². The molecule has 2 atom stereocenters. The third-order valence-corrected chi connectivity index (χ3v) is 3.36. The summed E-state index contributed by atoms with van der Waals surface area (Å²) >= 11 is 0. The number of rotatable bonds is 4. The first-order valence-electron chi connectivity index (χ1n) is 6.92. The van der Waals surface area contributed by atoms with E-state index in [-0.39, 0.29) is 0 Å². The maximum Gasteiger partial charge on any atom is 0.225 e. The molecule has 0 unspecified atom stereocenters. The van der Waals surface area contributed by atoms with Gasteiger partial charge in [0.05, 0.1) is 12.2 Å². The molecule has 1 fully saturated rings. The second-order valence-corrected chi connectivity index (χ2v) is 5.50. The van der Waals surface area contributed by atoms with Crippen LogP contribution >= 0.6 is 0 Å². The molecule has 1 aliphatic heterocycles. The van der Waals surface area contributed by atoms with Crippen LogP contribution in [0.5, 0.6) is 0 Å². The third kappa shape index (κ3) is 4.14. The lowest BCUT2D eigenvalue weighted by atomic mass is 10.2. The Morgan fingerprint density at radius 2 is 1.84 bits per heavy atom. The average molecular weight is 264 g/mol. The van der Waals surface area contributed by atoms with Gasteiger partial charge in [0.15, 0.2) is 0 Å². The van der Waals surface area contributed by atoms with Crippen molar-refractivity contribution in [3.63, 3.8) is 0 Å². The lowest BCUT2D eigenvalue weighted by molar-refractivity contribution is -0.0670. The second kappa shape index (κ2) is 6.30. The zero-order valence-electron chi connectivity index (χ0n) is 12.3. The Bertz CT molecular complexity index is 385. The van der Waals surface area contributed by atoms with Gasteiger partial charge in [-0.05, 0) is 26.3 Å². The fraction of sp³-hybridized carbons (Fsp3) is 0.714. The van der Waals surface area contributed by atoms with Gasteiger partial charge in [-0.25, -0.2) is 9.97 Å². The maximum atomic E-state index is 5.74. The standard InChI is InChI=1S/C14H24N4O/c1-11-7-15-14(16-8-11)17(4)5-6-18-9-12(2)19-13(3)10-18/h7-8,12-13H,5-6,9-10H2,1-4H3/t12-,13+. The Kier molecular flexibility index (Phi) is 4.71. The summed E-state index contributed by atoms with van der Waals surface area (Å²) in [4.78, 5) is 13.2. The highest BCUT2D eigenvalue weighted by Gasteiger charge is 2.22. The summed E-state index contributed by atoms with van der Waals surface area (Å²) in [5, 5.41) is 0. The van der Waals surface area contributed by atoms with E-state index in [4.69, 9.17) is 4.74 Å². The molecule has 1 aromatic rings. The van der Waals surface area contributed by atoms with E-state index in [1.165, 1.54) is 0 Å². The van der Waals surface area contributed by atoms with Crippen LogP contribution in [0.4, 0.5) is 5.95 Å². The molecule has 0 saturated carbocycles. The van der Waals surface area contributed by atoms with Crippen molar-refractivity contribution >= 4 is 5.95 Å². The number of morpholine rings is 1. The highest BCUT2D eigenvalue weighted by atomic mass is 16.5. The van der Waals surface area contributed by atoms with Crippen molar-refractivity contribution in [3.8, 4) is 0 Å². The summed E-state index contributed by atoms with van der Waals surface area (Å²) < 4.78 is 5.74. The molecule has 106 valence electrons. The van der Waals surface area contributed by atoms with Crippen LogP contribution in [-0.4, -0.2) is 60.3 Å². The van der Waals surface area contributed by atoms with Crippen molar-refractivity contribution in [3.05, 3.63) is 18.0 Å². The number of likely N-dealkylation sites (N-methyl/N-ethyl adjacent to an activating group) is 1. The molecule has 5 heteroatoms. The van der Waals surface area contributed by atoms with Crippen molar-refractivity contribution in [1.82, 2.24) is 14.9 Å². The van der Waals surface area contributed by atoms with Gasteiger partial charge in [0.1, 0.15) is 0 Å². The van der Waals surface area contributed by atoms with E-state index in [0.29, 0.717) is 12.2 Å². The number of anilines is 1. The van der Waals surface area contributed by atoms with Crippen LogP contribution in [0.2, 0.25) is 0 Å². The molecule has 19 heavy (non-hydrogen) atoms. The van der Waals surface area contributed by atoms with Crippen molar-refractivity contribution < 1.29 is 4.74 Å². The molecule has 0 radical (unpaired) electrons. The van der Waals surface area contributed by atoms with E-state index < -0.39 is 0 Å². The van der Waals surface area contributed by atoms with E-state index in [1.54, 1.807) is 0 Å². The summed E-state index contributed by atoms with van der Waals surface area (Å²) in [6, 6.07) is 0. The largest absolute Gasteiger partial charge is 0.373 e. The first-order chi connectivity index (χ1) is 9.04. The minimum absolute atomic E-state index is 0.324. The van der Waals surface area contributed by atoms with Crippen molar-refractivity contribution in [1.29, 1.82) is 0 Å². The summed E-state index contributed by atoms with van der Waals surface area (Å²) in [5.41, 5.74) is 1.09. The summed E-state index contributed by atoms with van der Waals surface area (Å²) in [5.74, 6) is 0.792. The number of hydrogen-bond acceptors (Lipinski definition) is 5. The van der Waals surface area contributed by atoms with Gasteiger partial charge in [0.25, 0.3) is 0 Å². The molecular weight excluding hydrogens is 240 g/mol. The Balaban J connectivity index is 1.83. The van der Waals surface area contributed by atoms with E-state index in [2.05, 4.69) is 33.6 Å². The lowest BCUT2D eigenvalue weighted by Crippen LogP contribution is -2.47. The van der Waals surface area contributed by atoms with Crippen LogP contribution in [0.25, 0.3) is 0 Å². The van der Waals surface area contributed by atoms with Gasteiger partial charge in [-0.2, -0.15) is 0 Å². The van der Waals surface area contributed by atoms with Gasteiger partial charge in [-0.15, -0.1) is 0 Å². The quantitative estimate of drug-likeness (QED) is 0.820. The molecule has 2 rings (SSSR count). The molecule has 2 heterocycles. The second-order valence-electron chi connectivity index (χ2n) is 5.50. The SMILES string of the molecule is Cc1cnc(N(C)CCN2C[C@@H](C)O[C@@H](C)C2)nc1. The van der Waals surface area contributed by atoms with Gasteiger partial charge in [0, 0.05) is 45.6 Å². The molecule has 0 bridgehead atoms. The van der Waals surface area contributed by atoms with Crippen molar-refractivity contribution in [2.45, 2.75) is 33.0 Å². The molecule has 1 aromatic heterocycles. The Hall–Kier alpha value is -1.20. The zero-order valence-corrected chi connectivity index (χ0v) is 12.3. The maximum absolute atomic E-state index is 5.74. The molecule has 0 N–H and O–H groups in total. The van der Waals surface area contributed by atoms with E-state index in [1.807, 2.05) is 26.4 Å². The van der Waals surface area contributed by atoms with Crippen molar-refractivity contribution in [2.24, 2.45) is 0 Å². The average Bonchev–Trinajstić information content (AvgIpc) is 2.36.